The van der Waals surface area contributed by atoms with Crippen LogP contribution in [0, 0.1) is 17.3 Å². The molecule has 1 fully saturated rings. The van der Waals surface area contributed by atoms with Crippen molar-refractivity contribution in [1.29, 1.82) is 0 Å². The maximum absolute atomic E-state index is 12.3. The zero-order valence-electron chi connectivity index (χ0n) is 12.6. The van der Waals surface area contributed by atoms with Gasteiger partial charge >= 0.3 is 5.97 Å². The van der Waals surface area contributed by atoms with Crippen molar-refractivity contribution < 1.29 is 19.4 Å². The number of ether oxygens (including phenoxy) is 1. The van der Waals surface area contributed by atoms with Gasteiger partial charge in [-0.3, -0.25) is 9.59 Å². The number of methoxy groups -OCH3 is 1. The number of carboxylic acid groups (broad SMARTS) is 1. The van der Waals surface area contributed by atoms with Crippen LogP contribution in [0.3, 0.4) is 0 Å². The largest absolute Gasteiger partial charge is 0.481 e. The molecular formula is C16H21NO4. The number of nitrogens with one attached hydrogen (secondary N) is 1. The number of rotatable bonds is 6. The number of para-hydroxylation sites is 1. The second-order valence-corrected chi connectivity index (χ2v) is 6.00. The standard InChI is InChI=1S/C16H21NO4/c1-16(2)12(13(16)15(19)20)14(18)17-11-7-5-4-6-10(11)8-9-21-3/h4-7,12-13H,8-9H2,1-3H3,(H,17,18)(H,19,20)/t12-,13+/m1/s1. The summed E-state index contributed by atoms with van der Waals surface area (Å²) >= 11 is 0. The van der Waals surface area contributed by atoms with E-state index in [9.17, 15) is 9.59 Å². The first-order chi connectivity index (χ1) is 9.89. The van der Waals surface area contributed by atoms with E-state index in [1.165, 1.54) is 0 Å². The van der Waals surface area contributed by atoms with Crippen LogP contribution in [0.4, 0.5) is 5.69 Å². The van der Waals surface area contributed by atoms with E-state index in [1.807, 2.05) is 38.1 Å². The summed E-state index contributed by atoms with van der Waals surface area (Å²) in [5.41, 5.74) is 1.22. The fourth-order valence-corrected chi connectivity index (χ4v) is 2.87. The van der Waals surface area contributed by atoms with Crippen LogP contribution in [0.5, 0.6) is 0 Å². The van der Waals surface area contributed by atoms with E-state index in [-0.39, 0.29) is 5.91 Å². The Hall–Kier alpha value is -1.88. The molecule has 0 bridgehead atoms. The number of carbonyl (C=O) groups excluding carboxylic acids is 1. The van der Waals surface area contributed by atoms with Crippen LogP contribution >= 0.6 is 0 Å². The fourth-order valence-electron chi connectivity index (χ4n) is 2.87. The van der Waals surface area contributed by atoms with Crippen LogP contribution in [0.15, 0.2) is 24.3 Å². The monoisotopic (exact) mass is 291 g/mol. The number of carbonyl (C=O) groups is 2. The molecule has 0 heterocycles. The van der Waals surface area contributed by atoms with E-state index in [4.69, 9.17) is 9.84 Å². The molecule has 1 aliphatic rings. The Balaban J connectivity index is 2.09. The molecule has 5 nitrogen and oxygen atoms in total. The maximum Gasteiger partial charge on any atom is 0.307 e. The lowest BCUT2D eigenvalue weighted by Crippen LogP contribution is -2.19. The summed E-state index contributed by atoms with van der Waals surface area (Å²) in [5, 5.41) is 12.0. The third kappa shape index (κ3) is 3.08. The first kappa shape index (κ1) is 15.5. The van der Waals surface area contributed by atoms with Gasteiger partial charge in [-0.25, -0.2) is 0 Å². The van der Waals surface area contributed by atoms with Gasteiger partial charge in [0.25, 0.3) is 0 Å². The highest BCUT2D eigenvalue weighted by atomic mass is 16.5. The Morgan fingerprint density at radius 2 is 1.95 bits per heavy atom. The third-order valence-corrected chi connectivity index (χ3v) is 4.23. The molecule has 21 heavy (non-hydrogen) atoms. The lowest BCUT2D eigenvalue weighted by atomic mass is 10.1. The van der Waals surface area contributed by atoms with Crippen molar-refractivity contribution >= 4 is 17.6 Å². The Morgan fingerprint density at radius 1 is 1.29 bits per heavy atom. The molecule has 1 aromatic rings. The van der Waals surface area contributed by atoms with Gasteiger partial charge in [0.15, 0.2) is 0 Å². The molecule has 0 unspecified atom stereocenters. The predicted octanol–water partition coefficient (Wildman–Crippen LogP) is 2.17. The van der Waals surface area contributed by atoms with Gasteiger partial charge in [0.2, 0.25) is 5.91 Å². The van der Waals surface area contributed by atoms with Crippen molar-refractivity contribution in [3.8, 4) is 0 Å². The first-order valence-electron chi connectivity index (χ1n) is 7.00. The number of carboxylic acids is 1. The molecule has 1 amide bonds. The van der Waals surface area contributed by atoms with E-state index >= 15 is 0 Å². The lowest BCUT2D eigenvalue weighted by molar-refractivity contribution is -0.140. The van der Waals surface area contributed by atoms with E-state index in [0.717, 1.165) is 11.3 Å². The molecule has 1 aromatic carbocycles. The van der Waals surface area contributed by atoms with Crippen molar-refractivity contribution in [2.75, 3.05) is 19.0 Å². The zero-order chi connectivity index (χ0) is 15.6. The molecular weight excluding hydrogens is 270 g/mol. The van der Waals surface area contributed by atoms with Crippen LogP contribution in [-0.2, 0) is 20.7 Å². The van der Waals surface area contributed by atoms with E-state index < -0.39 is 23.2 Å². The molecule has 1 saturated carbocycles. The highest BCUT2D eigenvalue weighted by Crippen LogP contribution is 2.58. The smallest absolute Gasteiger partial charge is 0.307 e. The SMILES string of the molecule is COCCc1ccccc1NC(=O)[C@H]1[C@@H](C(=O)O)C1(C)C. The third-order valence-electron chi connectivity index (χ3n) is 4.23. The second kappa shape index (κ2) is 5.85. The van der Waals surface area contributed by atoms with E-state index in [1.54, 1.807) is 7.11 Å². The van der Waals surface area contributed by atoms with E-state index in [2.05, 4.69) is 5.32 Å². The van der Waals surface area contributed by atoms with Gasteiger partial charge < -0.3 is 15.2 Å². The number of hydrogen-bond donors (Lipinski definition) is 2. The first-order valence-corrected chi connectivity index (χ1v) is 7.00. The molecule has 5 heteroatoms. The number of anilines is 1. The van der Waals surface area contributed by atoms with Gasteiger partial charge in [0, 0.05) is 12.8 Å². The zero-order valence-corrected chi connectivity index (χ0v) is 12.6. The Morgan fingerprint density at radius 3 is 2.52 bits per heavy atom. The molecule has 114 valence electrons. The van der Waals surface area contributed by atoms with Crippen molar-refractivity contribution in [3.05, 3.63) is 29.8 Å². The minimum Gasteiger partial charge on any atom is -0.481 e. The Kier molecular flexibility index (Phi) is 4.32. The molecule has 0 saturated heterocycles. The predicted molar refractivity (Wildman–Crippen MR) is 79.0 cm³/mol. The van der Waals surface area contributed by atoms with Crippen molar-refractivity contribution in [2.45, 2.75) is 20.3 Å². The van der Waals surface area contributed by atoms with Gasteiger partial charge in [0.05, 0.1) is 18.4 Å². The average molecular weight is 291 g/mol. The normalized spacial score (nSPS) is 22.6. The Bertz CT molecular complexity index is 553. The topological polar surface area (TPSA) is 75.6 Å². The molecule has 0 spiro atoms. The van der Waals surface area contributed by atoms with Crippen LogP contribution in [-0.4, -0.2) is 30.7 Å². The minimum absolute atomic E-state index is 0.225. The minimum atomic E-state index is -0.909. The molecule has 0 radical (unpaired) electrons. The second-order valence-electron chi connectivity index (χ2n) is 6.00. The maximum atomic E-state index is 12.3. The summed E-state index contributed by atoms with van der Waals surface area (Å²) in [7, 11) is 1.63. The summed E-state index contributed by atoms with van der Waals surface area (Å²) in [5.74, 6) is -2.22. The summed E-state index contributed by atoms with van der Waals surface area (Å²) < 4.78 is 5.06. The summed E-state index contributed by atoms with van der Waals surface area (Å²) in [6.45, 7) is 4.19. The quantitative estimate of drug-likeness (QED) is 0.842. The summed E-state index contributed by atoms with van der Waals surface area (Å²) in [6, 6.07) is 7.51. The summed E-state index contributed by atoms with van der Waals surface area (Å²) in [4.78, 5) is 23.5. The summed E-state index contributed by atoms with van der Waals surface area (Å²) in [6.07, 6.45) is 0.698. The van der Waals surface area contributed by atoms with Crippen molar-refractivity contribution in [3.63, 3.8) is 0 Å². The van der Waals surface area contributed by atoms with Gasteiger partial charge in [-0.05, 0) is 23.5 Å². The molecule has 2 rings (SSSR count). The van der Waals surface area contributed by atoms with Gasteiger partial charge in [-0.15, -0.1) is 0 Å². The highest BCUT2D eigenvalue weighted by Gasteiger charge is 2.65. The molecule has 2 atom stereocenters. The number of amides is 1. The molecule has 2 N–H and O–H groups in total. The van der Waals surface area contributed by atoms with Gasteiger partial charge in [0.1, 0.15) is 0 Å². The fraction of sp³-hybridized carbons (Fsp3) is 0.500. The Labute approximate surface area is 124 Å². The van der Waals surface area contributed by atoms with Crippen molar-refractivity contribution in [2.24, 2.45) is 17.3 Å². The van der Waals surface area contributed by atoms with Crippen molar-refractivity contribution in [1.82, 2.24) is 0 Å². The number of benzene rings is 1. The average Bonchev–Trinajstić information content (AvgIpc) is 3.01. The molecule has 0 aromatic heterocycles. The van der Waals surface area contributed by atoms with Gasteiger partial charge in [-0.2, -0.15) is 0 Å². The number of hydrogen-bond acceptors (Lipinski definition) is 3. The number of aliphatic carboxylic acids is 1. The van der Waals surface area contributed by atoms with Crippen LogP contribution in [0.1, 0.15) is 19.4 Å². The van der Waals surface area contributed by atoms with Crippen LogP contribution < -0.4 is 5.32 Å². The molecule has 0 aliphatic heterocycles. The highest BCUT2D eigenvalue weighted by molar-refractivity contribution is 6.00. The van der Waals surface area contributed by atoms with Crippen LogP contribution in [0.2, 0.25) is 0 Å². The van der Waals surface area contributed by atoms with Crippen LogP contribution in [0.25, 0.3) is 0 Å². The van der Waals surface area contributed by atoms with E-state index in [0.29, 0.717) is 13.0 Å². The lowest BCUT2D eigenvalue weighted by Gasteiger charge is -2.11. The molecule has 1 aliphatic carbocycles. The van der Waals surface area contributed by atoms with Gasteiger partial charge in [-0.1, -0.05) is 32.0 Å².